The highest BCUT2D eigenvalue weighted by Crippen LogP contribution is 2.32. The van der Waals surface area contributed by atoms with Gasteiger partial charge in [0.05, 0.1) is 19.1 Å². The molecule has 0 amide bonds. The molecule has 9 heteroatoms. The van der Waals surface area contributed by atoms with E-state index in [0.29, 0.717) is 23.8 Å². The molecule has 0 spiro atoms. The monoisotopic (exact) mass is 382 g/mol. The summed E-state index contributed by atoms with van der Waals surface area (Å²) >= 11 is 0. The topological polar surface area (TPSA) is 82.4 Å². The van der Waals surface area contributed by atoms with Crippen molar-refractivity contribution in [2.24, 2.45) is 0 Å². The van der Waals surface area contributed by atoms with Crippen molar-refractivity contribution in [1.82, 2.24) is 15.0 Å². The quantitative estimate of drug-likeness (QED) is 0.764. The first-order chi connectivity index (χ1) is 12.9. The van der Waals surface area contributed by atoms with Gasteiger partial charge in [-0.2, -0.15) is 13.2 Å². The van der Waals surface area contributed by atoms with Crippen molar-refractivity contribution in [3.8, 4) is 11.5 Å². The Balaban J connectivity index is 2.00. The summed E-state index contributed by atoms with van der Waals surface area (Å²) in [7, 11) is 0. The van der Waals surface area contributed by atoms with Crippen molar-refractivity contribution < 1.29 is 23.4 Å². The number of aromatic nitrogens is 3. The molecule has 1 atom stereocenters. The summed E-state index contributed by atoms with van der Waals surface area (Å²) in [5.41, 5.74) is 2.14. The van der Waals surface area contributed by atoms with Gasteiger partial charge in [0.1, 0.15) is 11.5 Å². The van der Waals surface area contributed by atoms with Gasteiger partial charge < -0.3 is 15.1 Å². The number of aliphatic hydroxyl groups is 2. The van der Waals surface area contributed by atoms with Crippen LogP contribution in [0.2, 0.25) is 0 Å². The predicted octanol–water partition coefficient (Wildman–Crippen LogP) is 2.14. The first-order valence-corrected chi connectivity index (χ1v) is 8.79. The minimum absolute atomic E-state index is 0.141. The summed E-state index contributed by atoms with van der Waals surface area (Å²) in [5.74, 6) is 0.733. The lowest BCUT2D eigenvalue weighted by atomic mass is 10.2. The number of alkyl halides is 3. The van der Waals surface area contributed by atoms with Crippen molar-refractivity contribution in [3.63, 3.8) is 0 Å². The summed E-state index contributed by atoms with van der Waals surface area (Å²) in [6.45, 7) is -1.04. The van der Waals surface area contributed by atoms with E-state index in [-0.39, 0.29) is 13.1 Å². The molecule has 2 N–H and O–H groups in total. The van der Waals surface area contributed by atoms with E-state index in [1.807, 2.05) is 0 Å². The highest BCUT2D eigenvalue weighted by Gasteiger charge is 2.31. The zero-order chi connectivity index (χ0) is 19.4. The van der Waals surface area contributed by atoms with Crippen LogP contribution in [0.1, 0.15) is 24.1 Å². The number of nitrogens with zero attached hydrogens (tertiary/aromatic N) is 4. The number of aryl methyl sites for hydroxylation is 1. The van der Waals surface area contributed by atoms with Crippen LogP contribution in [0.15, 0.2) is 24.4 Å². The maximum absolute atomic E-state index is 12.8. The lowest BCUT2D eigenvalue weighted by molar-refractivity contribution is -0.132. The Hall–Kier alpha value is -2.26. The number of anilines is 1. The molecule has 2 aromatic heterocycles. The molecule has 2 aromatic rings. The van der Waals surface area contributed by atoms with Gasteiger partial charge in [0, 0.05) is 30.5 Å². The number of aliphatic hydroxyl groups excluding tert-OH is 2. The summed E-state index contributed by atoms with van der Waals surface area (Å²) in [6.07, 6.45) is -2.69. The van der Waals surface area contributed by atoms with Gasteiger partial charge in [-0.05, 0) is 31.4 Å². The number of rotatable bonds is 7. The van der Waals surface area contributed by atoms with E-state index < -0.39 is 25.3 Å². The van der Waals surface area contributed by atoms with Crippen LogP contribution in [0.25, 0.3) is 11.5 Å². The van der Waals surface area contributed by atoms with Crippen LogP contribution in [0, 0.1) is 0 Å². The normalized spacial score (nSPS) is 14.9. The zero-order valence-electron chi connectivity index (χ0n) is 14.7. The molecule has 2 heterocycles. The van der Waals surface area contributed by atoms with E-state index in [1.54, 1.807) is 24.4 Å². The number of fused-ring (bicyclic) bond motifs is 1. The van der Waals surface area contributed by atoms with E-state index in [1.165, 1.54) is 4.90 Å². The second-order valence-corrected chi connectivity index (χ2v) is 6.51. The molecule has 1 aliphatic carbocycles. The second kappa shape index (κ2) is 8.18. The molecule has 27 heavy (non-hydrogen) atoms. The van der Waals surface area contributed by atoms with Gasteiger partial charge in [0.15, 0.2) is 5.82 Å². The molecule has 0 aliphatic heterocycles. The molecule has 0 bridgehead atoms. The Morgan fingerprint density at radius 2 is 2.00 bits per heavy atom. The van der Waals surface area contributed by atoms with E-state index in [2.05, 4.69) is 15.0 Å². The van der Waals surface area contributed by atoms with Crippen LogP contribution < -0.4 is 4.90 Å². The highest BCUT2D eigenvalue weighted by molar-refractivity contribution is 5.59. The highest BCUT2D eigenvalue weighted by atomic mass is 19.4. The Bertz CT molecular complexity index is 771. The second-order valence-electron chi connectivity index (χ2n) is 6.51. The summed E-state index contributed by atoms with van der Waals surface area (Å²) < 4.78 is 38.4. The van der Waals surface area contributed by atoms with Crippen LogP contribution in [0.5, 0.6) is 0 Å². The molecule has 146 valence electrons. The SMILES string of the molecule is OC[C@@H](O)CN(CCC(F)(F)F)c1nc(-c2ccccn2)nc2c1CCC2. The fourth-order valence-electron chi connectivity index (χ4n) is 3.14. The van der Waals surface area contributed by atoms with Crippen molar-refractivity contribution in [1.29, 1.82) is 0 Å². The first kappa shape index (κ1) is 19.5. The van der Waals surface area contributed by atoms with Gasteiger partial charge in [-0.1, -0.05) is 6.07 Å². The summed E-state index contributed by atoms with van der Waals surface area (Å²) in [6, 6.07) is 5.28. The number of hydrogen-bond donors (Lipinski definition) is 2. The molecule has 6 nitrogen and oxygen atoms in total. The van der Waals surface area contributed by atoms with E-state index >= 15 is 0 Å². The fourth-order valence-corrected chi connectivity index (χ4v) is 3.14. The molecule has 0 unspecified atom stereocenters. The van der Waals surface area contributed by atoms with Crippen molar-refractivity contribution in [2.45, 2.75) is 38.0 Å². The van der Waals surface area contributed by atoms with Crippen LogP contribution in [0.3, 0.4) is 0 Å². The third-order valence-electron chi connectivity index (χ3n) is 4.41. The Morgan fingerprint density at radius 3 is 2.67 bits per heavy atom. The van der Waals surface area contributed by atoms with Crippen molar-refractivity contribution in [3.05, 3.63) is 35.7 Å². The smallest absolute Gasteiger partial charge is 0.390 e. The third-order valence-corrected chi connectivity index (χ3v) is 4.41. The number of halogens is 3. The van der Waals surface area contributed by atoms with Gasteiger partial charge in [-0.3, -0.25) is 4.98 Å². The maximum Gasteiger partial charge on any atom is 0.390 e. The van der Waals surface area contributed by atoms with E-state index in [4.69, 9.17) is 5.11 Å². The first-order valence-electron chi connectivity index (χ1n) is 8.79. The Labute approximate surface area is 154 Å². The van der Waals surface area contributed by atoms with Gasteiger partial charge >= 0.3 is 6.18 Å². The van der Waals surface area contributed by atoms with Crippen LogP contribution in [0.4, 0.5) is 19.0 Å². The summed E-state index contributed by atoms with van der Waals surface area (Å²) in [5, 5.41) is 19.0. The molecule has 0 radical (unpaired) electrons. The minimum Gasteiger partial charge on any atom is -0.394 e. The zero-order valence-corrected chi connectivity index (χ0v) is 14.7. The Morgan fingerprint density at radius 1 is 1.19 bits per heavy atom. The minimum atomic E-state index is -4.33. The molecule has 3 rings (SSSR count). The van der Waals surface area contributed by atoms with E-state index in [0.717, 1.165) is 24.1 Å². The van der Waals surface area contributed by atoms with Gasteiger partial charge in [0.2, 0.25) is 0 Å². The fraction of sp³-hybridized carbons (Fsp3) is 0.500. The molecular weight excluding hydrogens is 361 g/mol. The Kier molecular flexibility index (Phi) is 5.91. The van der Waals surface area contributed by atoms with E-state index in [9.17, 15) is 18.3 Å². The molecule has 0 fully saturated rings. The van der Waals surface area contributed by atoms with Crippen LogP contribution in [-0.4, -0.2) is 57.1 Å². The summed E-state index contributed by atoms with van der Waals surface area (Å²) in [4.78, 5) is 14.7. The molecule has 0 saturated heterocycles. The molecule has 0 aromatic carbocycles. The number of pyridine rings is 1. The average Bonchev–Trinajstić information content (AvgIpc) is 3.13. The molecule has 1 aliphatic rings. The predicted molar refractivity (Wildman–Crippen MR) is 93.3 cm³/mol. The van der Waals surface area contributed by atoms with Crippen LogP contribution in [-0.2, 0) is 12.8 Å². The molecular formula is C18H21F3N4O2. The maximum atomic E-state index is 12.8. The van der Waals surface area contributed by atoms with Crippen molar-refractivity contribution in [2.75, 3.05) is 24.6 Å². The lowest BCUT2D eigenvalue weighted by Crippen LogP contribution is -2.38. The largest absolute Gasteiger partial charge is 0.394 e. The van der Waals surface area contributed by atoms with Gasteiger partial charge in [-0.15, -0.1) is 0 Å². The molecule has 0 saturated carbocycles. The number of hydrogen-bond acceptors (Lipinski definition) is 6. The van der Waals surface area contributed by atoms with Crippen molar-refractivity contribution >= 4 is 5.82 Å². The lowest BCUT2D eigenvalue weighted by Gasteiger charge is -2.28. The van der Waals surface area contributed by atoms with Gasteiger partial charge in [0.25, 0.3) is 0 Å². The third kappa shape index (κ3) is 4.92. The van der Waals surface area contributed by atoms with Crippen LogP contribution >= 0.6 is 0 Å². The van der Waals surface area contributed by atoms with Gasteiger partial charge in [-0.25, -0.2) is 9.97 Å². The standard InChI is InChI=1S/C18H21F3N4O2/c19-18(20,21)7-9-25(10-12(27)11-26)17-13-4-3-6-14(13)23-16(24-17)15-5-1-2-8-22-15/h1-2,5,8,12,26-27H,3-4,6-7,9-11H2/t12-/m0/s1. The average molecular weight is 382 g/mol.